The first-order valence-electron chi connectivity index (χ1n) is 11.9. The minimum absolute atomic E-state index is 0.0599. The van der Waals surface area contributed by atoms with E-state index in [0.717, 1.165) is 10.8 Å². The number of aromatic nitrogens is 5. The van der Waals surface area contributed by atoms with E-state index in [1.807, 2.05) is 0 Å². The van der Waals surface area contributed by atoms with E-state index in [1.165, 1.54) is 24.0 Å². The van der Waals surface area contributed by atoms with Gasteiger partial charge in [0.25, 0.3) is 17.0 Å². The van der Waals surface area contributed by atoms with E-state index in [4.69, 9.17) is 11.6 Å². The highest BCUT2D eigenvalue weighted by atomic mass is 35.5. The molecule has 41 heavy (non-hydrogen) atoms. The number of hydrogen-bond donors (Lipinski definition) is 2. The van der Waals surface area contributed by atoms with Crippen LogP contribution in [-0.4, -0.2) is 67.8 Å². The molecule has 0 unspecified atom stereocenters. The predicted octanol–water partition coefficient (Wildman–Crippen LogP) is 2.88. The zero-order valence-corrected chi connectivity index (χ0v) is 21.8. The average molecular weight is 607 g/mol. The molecule has 1 atom stereocenters. The molecule has 0 bridgehead atoms. The fraction of sp³-hybridized carbons (Fsp3) is 0.391. The van der Waals surface area contributed by atoms with Crippen molar-refractivity contribution in [2.45, 2.75) is 31.9 Å². The molecule has 3 aromatic rings. The van der Waals surface area contributed by atoms with Crippen LogP contribution in [0.2, 0.25) is 5.15 Å². The first kappa shape index (κ1) is 29.8. The van der Waals surface area contributed by atoms with Gasteiger partial charge in [0.2, 0.25) is 5.95 Å². The second kappa shape index (κ2) is 11.4. The van der Waals surface area contributed by atoms with Crippen molar-refractivity contribution in [2.24, 2.45) is 0 Å². The first-order valence-corrected chi connectivity index (χ1v) is 12.3. The van der Waals surface area contributed by atoms with Gasteiger partial charge < -0.3 is 15.1 Å². The van der Waals surface area contributed by atoms with E-state index in [0.29, 0.717) is 12.4 Å². The largest absolute Gasteiger partial charge is 0.423 e. The SMILES string of the molecule is C[C@@H](Cn1c(Cl)ccc(C(=O)N2CCN(c3ncc(C(F)(F)F)cn3)CC2)c1=O)Nc1cn[nH]c(=O)c1C(F)(F)F. The number of amides is 1. The number of piperazine rings is 1. The Kier molecular flexibility index (Phi) is 8.28. The molecule has 0 saturated carbocycles. The van der Waals surface area contributed by atoms with Crippen molar-refractivity contribution in [1.82, 2.24) is 29.6 Å². The lowest BCUT2D eigenvalue weighted by Crippen LogP contribution is -2.50. The summed E-state index contributed by atoms with van der Waals surface area (Å²) in [7, 11) is 0. The van der Waals surface area contributed by atoms with Crippen molar-refractivity contribution in [3.63, 3.8) is 0 Å². The van der Waals surface area contributed by atoms with E-state index in [1.54, 1.807) is 10.00 Å². The number of pyridine rings is 1. The Hall–Kier alpha value is -4.15. The highest BCUT2D eigenvalue weighted by Crippen LogP contribution is 2.32. The summed E-state index contributed by atoms with van der Waals surface area (Å²) in [4.78, 5) is 48.5. The average Bonchev–Trinajstić information content (AvgIpc) is 2.90. The molecule has 0 aromatic carbocycles. The number of alkyl halides is 6. The summed E-state index contributed by atoms with van der Waals surface area (Å²) in [6.07, 6.45) is -7.42. The topological polar surface area (TPSA) is 129 Å². The normalized spacial score (nSPS) is 15.1. The van der Waals surface area contributed by atoms with E-state index < -0.39 is 52.2 Å². The Morgan fingerprint density at radius 3 is 2.24 bits per heavy atom. The Morgan fingerprint density at radius 1 is 1.02 bits per heavy atom. The van der Waals surface area contributed by atoms with Gasteiger partial charge in [0, 0.05) is 51.2 Å². The molecule has 1 fully saturated rings. The molecule has 0 radical (unpaired) electrons. The van der Waals surface area contributed by atoms with Crippen LogP contribution >= 0.6 is 11.6 Å². The van der Waals surface area contributed by atoms with Gasteiger partial charge in [0.1, 0.15) is 16.3 Å². The van der Waals surface area contributed by atoms with Crippen LogP contribution in [-0.2, 0) is 18.9 Å². The molecule has 1 saturated heterocycles. The fourth-order valence-corrected chi connectivity index (χ4v) is 4.38. The molecule has 2 N–H and O–H groups in total. The van der Waals surface area contributed by atoms with E-state index in [9.17, 15) is 40.7 Å². The van der Waals surface area contributed by atoms with Crippen LogP contribution in [0.4, 0.5) is 38.0 Å². The van der Waals surface area contributed by atoms with Gasteiger partial charge in [0.05, 0.1) is 17.4 Å². The lowest BCUT2D eigenvalue weighted by atomic mass is 10.2. The molecule has 220 valence electrons. The Balaban J connectivity index is 1.46. The van der Waals surface area contributed by atoms with Crippen LogP contribution in [0.5, 0.6) is 0 Å². The molecular formula is C23H21ClF6N8O3. The standard InChI is InChI=1S/C23H21ClF6N8O3/c1-12(34-15-10-33-35-18(39)17(15)23(28,29)30)11-38-16(24)3-2-14(20(38)41)19(40)36-4-6-37(7-5-36)21-31-8-13(9-32-21)22(25,26)27/h2-3,8-10,12H,4-7,11H2,1H3,(H2,34,35,39)/t12-/m0/s1. The number of hydrogen-bond acceptors (Lipinski definition) is 8. The van der Waals surface area contributed by atoms with Crippen LogP contribution in [0.3, 0.4) is 0 Å². The van der Waals surface area contributed by atoms with Gasteiger partial charge in [-0.25, -0.2) is 15.1 Å². The second-order valence-electron chi connectivity index (χ2n) is 9.07. The van der Waals surface area contributed by atoms with Gasteiger partial charge in [-0.15, -0.1) is 0 Å². The minimum Gasteiger partial charge on any atom is -0.379 e. The van der Waals surface area contributed by atoms with Crippen LogP contribution in [0, 0.1) is 0 Å². The third kappa shape index (κ3) is 6.61. The number of H-pyrrole nitrogens is 1. The van der Waals surface area contributed by atoms with E-state index in [-0.39, 0.29) is 49.4 Å². The number of nitrogens with one attached hydrogen (secondary N) is 2. The number of carbonyl (C=O) groups excluding carboxylic acids is 1. The Morgan fingerprint density at radius 2 is 1.66 bits per heavy atom. The van der Waals surface area contributed by atoms with Crippen molar-refractivity contribution in [3.05, 3.63) is 73.3 Å². The molecule has 18 heteroatoms. The molecule has 0 spiro atoms. The summed E-state index contributed by atoms with van der Waals surface area (Å²) in [5.41, 5.74) is -5.54. The monoisotopic (exact) mass is 606 g/mol. The van der Waals surface area contributed by atoms with Crippen LogP contribution in [0.15, 0.2) is 40.3 Å². The smallest absolute Gasteiger partial charge is 0.379 e. The van der Waals surface area contributed by atoms with Crippen molar-refractivity contribution in [2.75, 3.05) is 36.4 Å². The second-order valence-corrected chi connectivity index (χ2v) is 9.45. The summed E-state index contributed by atoms with van der Waals surface area (Å²) >= 11 is 6.17. The van der Waals surface area contributed by atoms with E-state index >= 15 is 0 Å². The number of anilines is 2. The number of carbonyl (C=O) groups is 1. The fourth-order valence-electron chi connectivity index (χ4n) is 4.17. The maximum absolute atomic E-state index is 13.4. The quantitative estimate of drug-likeness (QED) is 0.324. The molecule has 1 aliphatic heterocycles. The third-order valence-electron chi connectivity index (χ3n) is 6.16. The Bertz CT molecular complexity index is 1530. The van der Waals surface area contributed by atoms with Crippen molar-refractivity contribution in [1.29, 1.82) is 0 Å². The number of aromatic amines is 1. The van der Waals surface area contributed by atoms with Gasteiger partial charge in [-0.1, -0.05) is 11.6 Å². The molecule has 3 aromatic heterocycles. The predicted molar refractivity (Wildman–Crippen MR) is 134 cm³/mol. The van der Waals surface area contributed by atoms with Gasteiger partial charge in [-0.3, -0.25) is 19.0 Å². The highest BCUT2D eigenvalue weighted by Gasteiger charge is 2.38. The zero-order valence-electron chi connectivity index (χ0n) is 21.1. The zero-order chi connectivity index (χ0) is 30.1. The van der Waals surface area contributed by atoms with Crippen LogP contribution in [0.1, 0.15) is 28.4 Å². The lowest BCUT2D eigenvalue weighted by Gasteiger charge is -2.34. The molecule has 0 aliphatic carbocycles. The van der Waals surface area contributed by atoms with Gasteiger partial charge in [0.15, 0.2) is 0 Å². The highest BCUT2D eigenvalue weighted by molar-refractivity contribution is 6.29. The van der Waals surface area contributed by atoms with E-state index in [2.05, 4.69) is 20.4 Å². The van der Waals surface area contributed by atoms with Crippen LogP contribution < -0.4 is 21.3 Å². The molecule has 11 nitrogen and oxygen atoms in total. The lowest BCUT2D eigenvalue weighted by molar-refractivity contribution is -0.139. The maximum atomic E-state index is 13.4. The Labute approximate surface area is 231 Å². The van der Waals surface area contributed by atoms with Crippen molar-refractivity contribution in [3.8, 4) is 0 Å². The molecule has 4 rings (SSSR count). The molecular weight excluding hydrogens is 586 g/mol. The number of rotatable bonds is 6. The summed E-state index contributed by atoms with van der Waals surface area (Å²) in [5.74, 6) is -0.572. The summed E-state index contributed by atoms with van der Waals surface area (Å²) in [5, 5.41) is 7.53. The van der Waals surface area contributed by atoms with Gasteiger partial charge in [-0.2, -0.15) is 31.4 Å². The third-order valence-corrected chi connectivity index (χ3v) is 6.49. The number of nitrogens with zero attached hydrogens (tertiary/aromatic N) is 6. The number of halogens is 7. The maximum Gasteiger partial charge on any atom is 0.423 e. The molecule has 1 aliphatic rings. The first-order chi connectivity index (χ1) is 19.2. The minimum atomic E-state index is -4.97. The van der Waals surface area contributed by atoms with Crippen molar-refractivity contribution >= 4 is 29.1 Å². The summed E-state index contributed by atoms with van der Waals surface area (Å²) in [6, 6.07) is 1.66. The van der Waals surface area contributed by atoms with Crippen LogP contribution in [0.25, 0.3) is 0 Å². The molecule has 4 heterocycles. The molecule has 1 amide bonds. The summed E-state index contributed by atoms with van der Waals surface area (Å²) < 4.78 is 79.3. The summed E-state index contributed by atoms with van der Waals surface area (Å²) in [6.45, 7) is 1.78. The van der Waals surface area contributed by atoms with Crippen molar-refractivity contribution < 1.29 is 31.1 Å². The van der Waals surface area contributed by atoms with Gasteiger partial charge in [-0.05, 0) is 19.1 Å². The van der Waals surface area contributed by atoms with Gasteiger partial charge >= 0.3 is 12.4 Å².